The van der Waals surface area contributed by atoms with Crippen LogP contribution in [-0.2, 0) is 9.53 Å². The Bertz CT molecular complexity index is 571. The van der Waals surface area contributed by atoms with Gasteiger partial charge in [0.25, 0.3) is 0 Å². The predicted molar refractivity (Wildman–Crippen MR) is 72.6 cm³/mol. The van der Waals surface area contributed by atoms with E-state index in [4.69, 9.17) is 9.47 Å². The lowest BCUT2D eigenvalue weighted by Gasteiger charge is -2.16. The zero-order chi connectivity index (χ0) is 14.4. The van der Waals surface area contributed by atoms with Crippen molar-refractivity contribution in [3.63, 3.8) is 0 Å². The standard InChI is InChI=1S/C15H15NO4/c1-19-15(18)12(11-6-8-16-9-7-11)10-20-14-5-3-2-4-13(14)17/h2-9,12,17H,10H2,1H3. The number of hydrogen-bond acceptors (Lipinski definition) is 5. The van der Waals surface area contributed by atoms with Gasteiger partial charge in [-0.2, -0.15) is 0 Å². The largest absolute Gasteiger partial charge is 0.504 e. The molecule has 0 radical (unpaired) electrons. The summed E-state index contributed by atoms with van der Waals surface area (Å²) in [6.45, 7) is 0.0776. The third-order valence-corrected chi connectivity index (χ3v) is 2.86. The molecule has 1 aromatic heterocycles. The number of carbonyl (C=O) groups is 1. The molecular weight excluding hydrogens is 258 g/mol. The molecule has 0 saturated carbocycles. The molecule has 1 heterocycles. The third-order valence-electron chi connectivity index (χ3n) is 2.86. The van der Waals surface area contributed by atoms with Crippen LogP contribution in [0.2, 0.25) is 0 Å². The summed E-state index contributed by atoms with van der Waals surface area (Å²) in [4.78, 5) is 15.7. The van der Waals surface area contributed by atoms with Crippen molar-refractivity contribution in [1.82, 2.24) is 4.98 Å². The van der Waals surface area contributed by atoms with Crippen LogP contribution in [0.4, 0.5) is 0 Å². The van der Waals surface area contributed by atoms with Gasteiger partial charge >= 0.3 is 5.97 Å². The molecule has 1 aromatic carbocycles. The first kappa shape index (κ1) is 13.9. The molecule has 0 saturated heterocycles. The highest BCUT2D eigenvalue weighted by Crippen LogP contribution is 2.26. The Morgan fingerprint density at radius 1 is 1.25 bits per heavy atom. The van der Waals surface area contributed by atoms with E-state index in [2.05, 4.69) is 4.98 Å². The molecule has 0 spiro atoms. The summed E-state index contributed by atoms with van der Waals surface area (Å²) in [6, 6.07) is 10.1. The van der Waals surface area contributed by atoms with E-state index >= 15 is 0 Å². The average molecular weight is 273 g/mol. The van der Waals surface area contributed by atoms with E-state index in [-0.39, 0.29) is 12.4 Å². The van der Waals surface area contributed by atoms with Gasteiger partial charge in [-0.05, 0) is 29.8 Å². The highest BCUT2D eigenvalue weighted by Gasteiger charge is 2.22. The van der Waals surface area contributed by atoms with Crippen LogP contribution in [0, 0.1) is 0 Å². The zero-order valence-corrected chi connectivity index (χ0v) is 11.0. The van der Waals surface area contributed by atoms with Crippen molar-refractivity contribution < 1.29 is 19.4 Å². The molecule has 0 fully saturated rings. The van der Waals surface area contributed by atoms with Crippen molar-refractivity contribution in [1.29, 1.82) is 0 Å². The van der Waals surface area contributed by atoms with Crippen molar-refractivity contribution in [2.45, 2.75) is 5.92 Å². The lowest BCUT2D eigenvalue weighted by atomic mass is 10.0. The van der Waals surface area contributed by atoms with Crippen LogP contribution < -0.4 is 4.74 Å². The van der Waals surface area contributed by atoms with Gasteiger partial charge in [0.15, 0.2) is 11.5 Å². The number of nitrogens with zero attached hydrogens (tertiary/aromatic N) is 1. The molecule has 5 heteroatoms. The Balaban J connectivity index is 2.14. The maximum atomic E-state index is 11.8. The summed E-state index contributed by atoms with van der Waals surface area (Å²) in [7, 11) is 1.33. The number of benzene rings is 1. The number of rotatable bonds is 5. The summed E-state index contributed by atoms with van der Waals surface area (Å²) >= 11 is 0. The second-order valence-electron chi connectivity index (χ2n) is 4.14. The number of esters is 1. The normalized spacial score (nSPS) is 11.7. The fourth-order valence-corrected chi connectivity index (χ4v) is 1.79. The number of pyridine rings is 1. The Hall–Kier alpha value is -2.56. The lowest BCUT2D eigenvalue weighted by Crippen LogP contribution is -2.21. The van der Waals surface area contributed by atoms with Crippen LogP contribution in [0.15, 0.2) is 48.8 Å². The molecule has 0 aliphatic rings. The van der Waals surface area contributed by atoms with Crippen LogP contribution in [0.1, 0.15) is 11.5 Å². The molecule has 1 atom stereocenters. The second-order valence-corrected chi connectivity index (χ2v) is 4.14. The molecule has 0 aliphatic heterocycles. The molecule has 20 heavy (non-hydrogen) atoms. The van der Waals surface area contributed by atoms with Gasteiger partial charge in [-0.3, -0.25) is 9.78 Å². The minimum atomic E-state index is -0.567. The Morgan fingerprint density at radius 2 is 1.95 bits per heavy atom. The van der Waals surface area contributed by atoms with Crippen molar-refractivity contribution in [2.75, 3.05) is 13.7 Å². The number of ether oxygens (including phenoxy) is 2. The molecule has 1 unspecified atom stereocenters. The fraction of sp³-hybridized carbons (Fsp3) is 0.200. The summed E-state index contributed by atoms with van der Waals surface area (Å²) in [5.41, 5.74) is 0.752. The molecule has 0 aliphatic carbocycles. The quantitative estimate of drug-likeness (QED) is 0.845. The summed E-state index contributed by atoms with van der Waals surface area (Å²) < 4.78 is 10.3. The smallest absolute Gasteiger partial charge is 0.316 e. The van der Waals surface area contributed by atoms with E-state index in [1.54, 1.807) is 42.7 Å². The first-order valence-electron chi connectivity index (χ1n) is 6.11. The number of hydrogen-bond donors (Lipinski definition) is 1. The molecular formula is C15H15NO4. The highest BCUT2D eigenvalue weighted by molar-refractivity contribution is 5.78. The summed E-state index contributed by atoms with van der Waals surface area (Å²) in [5, 5.41) is 9.64. The van der Waals surface area contributed by atoms with E-state index in [9.17, 15) is 9.90 Å². The number of phenols is 1. The topological polar surface area (TPSA) is 68.7 Å². The number of aromatic hydroxyl groups is 1. The number of phenolic OH excluding ortho intramolecular Hbond substituents is 1. The van der Waals surface area contributed by atoms with E-state index in [0.717, 1.165) is 5.56 Å². The van der Waals surface area contributed by atoms with E-state index in [1.165, 1.54) is 13.2 Å². The fourth-order valence-electron chi connectivity index (χ4n) is 1.79. The Kier molecular flexibility index (Phi) is 4.55. The SMILES string of the molecule is COC(=O)C(COc1ccccc1O)c1ccncc1. The van der Waals surface area contributed by atoms with Crippen molar-refractivity contribution in [2.24, 2.45) is 0 Å². The number of carbonyl (C=O) groups excluding carboxylic acids is 1. The van der Waals surface area contributed by atoms with Gasteiger partial charge in [0.05, 0.1) is 7.11 Å². The molecule has 0 amide bonds. The van der Waals surface area contributed by atoms with Crippen LogP contribution >= 0.6 is 0 Å². The van der Waals surface area contributed by atoms with Gasteiger partial charge < -0.3 is 14.6 Å². The molecule has 2 aromatic rings. The molecule has 104 valence electrons. The second kappa shape index (κ2) is 6.56. The number of methoxy groups -OCH3 is 1. The minimum Gasteiger partial charge on any atom is -0.504 e. The number of aromatic nitrogens is 1. The summed E-state index contributed by atoms with van der Waals surface area (Å²) in [5.74, 6) is -0.601. The first-order chi connectivity index (χ1) is 9.72. The van der Waals surface area contributed by atoms with Gasteiger partial charge in [-0.25, -0.2) is 0 Å². The van der Waals surface area contributed by atoms with Crippen LogP contribution in [-0.4, -0.2) is 29.8 Å². The van der Waals surface area contributed by atoms with Crippen molar-refractivity contribution in [3.8, 4) is 11.5 Å². The van der Waals surface area contributed by atoms with E-state index in [1.807, 2.05) is 0 Å². The Morgan fingerprint density at radius 3 is 2.60 bits per heavy atom. The van der Waals surface area contributed by atoms with Gasteiger partial charge in [0.1, 0.15) is 12.5 Å². The molecule has 2 rings (SSSR count). The van der Waals surface area contributed by atoms with Crippen LogP contribution in [0.25, 0.3) is 0 Å². The van der Waals surface area contributed by atoms with Gasteiger partial charge in [-0.15, -0.1) is 0 Å². The van der Waals surface area contributed by atoms with Crippen LogP contribution in [0.5, 0.6) is 11.5 Å². The van der Waals surface area contributed by atoms with Crippen LogP contribution in [0.3, 0.4) is 0 Å². The van der Waals surface area contributed by atoms with Gasteiger partial charge in [-0.1, -0.05) is 12.1 Å². The first-order valence-corrected chi connectivity index (χ1v) is 6.11. The third kappa shape index (κ3) is 3.26. The van der Waals surface area contributed by atoms with Gasteiger partial charge in [0, 0.05) is 12.4 Å². The minimum absolute atomic E-state index is 0.0332. The zero-order valence-electron chi connectivity index (χ0n) is 11.0. The van der Waals surface area contributed by atoms with Crippen molar-refractivity contribution >= 4 is 5.97 Å². The Labute approximate surface area is 116 Å². The summed E-state index contributed by atoms with van der Waals surface area (Å²) in [6.07, 6.45) is 3.20. The number of para-hydroxylation sites is 2. The monoisotopic (exact) mass is 273 g/mol. The molecule has 0 bridgehead atoms. The highest BCUT2D eigenvalue weighted by atomic mass is 16.5. The van der Waals surface area contributed by atoms with E-state index in [0.29, 0.717) is 5.75 Å². The van der Waals surface area contributed by atoms with Gasteiger partial charge in [0.2, 0.25) is 0 Å². The maximum Gasteiger partial charge on any atom is 0.316 e. The van der Waals surface area contributed by atoms with E-state index < -0.39 is 11.9 Å². The molecule has 5 nitrogen and oxygen atoms in total. The lowest BCUT2D eigenvalue weighted by molar-refractivity contribution is -0.143. The molecule has 1 N–H and O–H groups in total. The average Bonchev–Trinajstić information content (AvgIpc) is 2.50. The predicted octanol–water partition coefficient (Wildman–Crippen LogP) is 2.12. The maximum absolute atomic E-state index is 11.8. The van der Waals surface area contributed by atoms with Crippen molar-refractivity contribution in [3.05, 3.63) is 54.4 Å².